The molecule has 120 heavy (non-hydrogen) atoms. The molecule has 4 aliphatic carbocycles. The minimum absolute atomic E-state index is 0.0244. The van der Waals surface area contributed by atoms with Gasteiger partial charge in [0.1, 0.15) is 47.3 Å². The third-order valence-corrected chi connectivity index (χ3v) is 23.1. The van der Waals surface area contributed by atoms with E-state index in [0.717, 1.165) is 98.4 Å². The third-order valence-electron chi connectivity index (χ3n) is 23.1. The molecular weight excluding hydrogens is 1550 g/mol. The zero-order valence-corrected chi connectivity index (χ0v) is 66.4. The highest BCUT2D eigenvalue weighted by molar-refractivity contribution is 6.01. The number of aryl methyl sites for hydroxylation is 6. The van der Waals surface area contributed by atoms with Gasteiger partial charge in [0.05, 0.1) is 72.5 Å². The molecule has 4 saturated carbocycles. The van der Waals surface area contributed by atoms with Gasteiger partial charge in [0.2, 0.25) is 23.5 Å². The molecule has 4 aliphatic heterocycles. The average molecular weight is 1630 g/mol. The van der Waals surface area contributed by atoms with Crippen molar-refractivity contribution in [2.75, 3.05) is 26.2 Å². The summed E-state index contributed by atoms with van der Waals surface area (Å²) >= 11 is 0. The monoisotopic (exact) mass is 1630 g/mol. The first-order chi connectivity index (χ1) is 58.0. The highest BCUT2D eigenvalue weighted by Crippen LogP contribution is 2.46. The number of hydrogen-bond donors (Lipinski definition) is 0. The Bertz CT molecular complexity index is 5500. The van der Waals surface area contributed by atoms with E-state index in [1.807, 2.05) is 110 Å². The number of aromatic nitrogens is 18. The fraction of sp³-hybridized carbons (Fsp3) is 0.360. The predicted octanol–water partition coefficient (Wildman–Crippen LogP) is 11.4. The molecule has 4 amide bonds. The molecule has 4 saturated heterocycles. The second kappa shape index (κ2) is 33.5. The summed E-state index contributed by atoms with van der Waals surface area (Å²) < 4.78 is 76.6. The van der Waals surface area contributed by atoms with Gasteiger partial charge in [-0.25, -0.2) is 49.2 Å². The predicted molar refractivity (Wildman–Crippen MR) is 423 cm³/mol. The lowest BCUT2D eigenvalue weighted by molar-refractivity contribution is -0.137. The maximum atomic E-state index is 13.9. The summed E-state index contributed by atoms with van der Waals surface area (Å²) in [5.74, 6) is 2.74. The molecule has 0 N–H and O–H groups in total. The average Bonchev–Trinajstić information content (AvgIpc) is 1.54. The number of fused-ring (bicyclic) bond motifs is 8. The summed E-state index contributed by atoms with van der Waals surface area (Å²) in [6.07, 6.45) is 20.7. The van der Waals surface area contributed by atoms with Crippen molar-refractivity contribution in [2.45, 2.75) is 148 Å². The quantitative estimate of drug-likeness (QED) is 0.0811. The molecule has 8 aliphatic rings. The largest absolute Gasteiger partial charge is 0.472 e. The number of pyridine rings is 7. The van der Waals surface area contributed by atoms with Gasteiger partial charge >= 0.3 is 6.18 Å². The van der Waals surface area contributed by atoms with Crippen LogP contribution in [-0.2, 0) is 6.18 Å². The smallest absolute Gasteiger partial charge is 0.417 e. The van der Waals surface area contributed by atoms with Crippen LogP contribution in [0.4, 0.5) is 17.6 Å². The van der Waals surface area contributed by atoms with Crippen LogP contribution in [0.2, 0.25) is 0 Å². The molecule has 15 heterocycles. The summed E-state index contributed by atoms with van der Waals surface area (Å²) in [7, 11) is 0. The lowest BCUT2D eigenvalue weighted by atomic mass is 10.0. The van der Waals surface area contributed by atoms with E-state index in [1.165, 1.54) is 51.0 Å². The Hall–Kier alpha value is -13.4. The van der Waals surface area contributed by atoms with Crippen molar-refractivity contribution >= 4 is 23.6 Å². The SMILES string of the molecule is Cc1ccc(-n2nccn2)c(C(=O)N2CC3CC(Oc4ccc(C(F)(F)F)cn4)C2C3)n1.Cc1ccc(OC2CC3CC2N(C(=O)c2ccc(F)cc2-c2ncccn2)C3)nc1.Cc1ccc(OC2CC3CC2N(C(=O)c2nc(C)ccc2-n2nccn2)C3)nc1.Cc1ccc(OC2CC3CC2N(C(=O)c2nc(C)ccc2-n2nccn2)C3)nc1. The van der Waals surface area contributed by atoms with E-state index in [0.29, 0.717) is 106 Å². The summed E-state index contributed by atoms with van der Waals surface area (Å²) in [5.41, 5.74) is 8.14. The summed E-state index contributed by atoms with van der Waals surface area (Å²) in [4.78, 5) is 104. The number of ether oxygens (including phenoxy) is 4. The zero-order chi connectivity index (χ0) is 83.0. The number of benzene rings is 1. The van der Waals surface area contributed by atoms with Crippen LogP contribution in [0.25, 0.3) is 28.5 Å². The molecule has 8 fully saturated rings. The van der Waals surface area contributed by atoms with Crippen LogP contribution >= 0.6 is 0 Å². The molecule has 34 heteroatoms. The number of nitrogens with zero attached hydrogens (tertiary/aromatic N) is 22. The van der Waals surface area contributed by atoms with Gasteiger partial charge in [-0.3, -0.25) is 19.2 Å². The van der Waals surface area contributed by atoms with E-state index >= 15 is 0 Å². The number of amides is 4. The highest BCUT2D eigenvalue weighted by Gasteiger charge is 2.53. The Labute approximate surface area is 686 Å². The molecule has 12 aromatic rings. The number of alkyl halides is 3. The van der Waals surface area contributed by atoms with Crippen LogP contribution in [-0.4, -0.2) is 208 Å². The van der Waals surface area contributed by atoms with Gasteiger partial charge in [-0.05, 0) is 200 Å². The van der Waals surface area contributed by atoms with Gasteiger partial charge < -0.3 is 38.5 Å². The van der Waals surface area contributed by atoms with Gasteiger partial charge in [-0.15, -0.1) is 14.4 Å². The van der Waals surface area contributed by atoms with Gasteiger partial charge in [-0.1, -0.05) is 18.2 Å². The van der Waals surface area contributed by atoms with E-state index in [-0.39, 0.29) is 89.7 Å². The highest BCUT2D eigenvalue weighted by atomic mass is 19.4. The van der Waals surface area contributed by atoms with Crippen molar-refractivity contribution in [1.29, 1.82) is 0 Å². The minimum atomic E-state index is -4.46. The Balaban J connectivity index is 0.000000114. The van der Waals surface area contributed by atoms with Crippen LogP contribution in [0, 0.1) is 71.0 Å². The maximum absolute atomic E-state index is 13.9. The standard InChI is InChI=1S/C23H21FN4O2.C21H19F3N6O2.2C21H22N6O2/c1-14-3-6-21(27-12-14)30-20-10-15-9-19(20)28(13-15)23(29)17-5-4-16(24)11-18(17)22-25-7-2-8-26-22;1-12-2-4-15(30-26-6-7-27-30)19(28-12)20(31)29-11-13-8-16(29)17(9-13)32-18-5-3-14(10-25-18)21(22,23)24;2*1-13-3-6-19(22-11-13)29-18-10-15-9-17(18)26(12-15)21(28)20-16(5-4-14(2)25-20)27-23-7-8-24-27/h2-8,11-12,15,19-20H,9-10,13H2,1H3;2-7,10,13,16-17H,8-9,11H2,1H3;2*3-8,11,15,17-18H,9-10,12H2,1-2H3. The van der Waals surface area contributed by atoms with E-state index in [1.54, 1.807) is 85.8 Å². The molecule has 614 valence electrons. The number of hydrogen-bond acceptors (Lipinski definition) is 23. The van der Waals surface area contributed by atoms with E-state index in [4.69, 9.17) is 18.9 Å². The molecule has 0 spiro atoms. The van der Waals surface area contributed by atoms with E-state index in [2.05, 4.69) is 75.4 Å². The number of rotatable bonds is 16. The molecule has 20 rings (SSSR count). The first kappa shape index (κ1) is 79.1. The molecule has 11 aromatic heterocycles. The third kappa shape index (κ3) is 16.9. The lowest BCUT2D eigenvalue weighted by Gasteiger charge is -2.33. The van der Waals surface area contributed by atoms with E-state index < -0.39 is 17.6 Å². The summed E-state index contributed by atoms with van der Waals surface area (Å²) in [5, 5.41) is 24.9. The maximum Gasteiger partial charge on any atom is 0.417 e. The van der Waals surface area contributed by atoms with Gasteiger partial charge in [0.15, 0.2) is 22.9 Å². The second-order valence-corrected chi connectivity index (χ2v) is 31.7. The Morgan fingerprint density at radius 2 is 0.692 bits per heavy atom. The van der Waals surface area contributed by atoms with Gasteiger partial charge in [0, 0.05) is 110 Å². The summed E-state index contributed by atoms with van der Waals surface area (Å²) in [6, 6.07) is 30.3. The molecule has 1 aromatic carbocycles. The number of carbonyl (C=O) groups excluding carboxylic acids is 4. The fourth-order valence-electron chi connectivity index (χ4n) is 17.6. The fourth-order valence-corrected chi connectivity index (χ4v) is 17.6. The van der Waals surface area contributed by atoms with Crippen LogP contribution in [0.3, 0.4) is 0 Å². The molecule has 8 bridgehead atoms. The summed E-state index contributed by atoms with van der Waals surface area (Å²) in [6.45, 7) is 14.2. The van der Waals surface area contributed by atoms with Crippen molar-refractivity contribution in [2.24, 2.45) is 23.7 Å². The van der Waals surface area contributed by atoms with Gasteiger partial charge in [-0.2, -0.15) is 43.8 Å². The van der Waals surface area contributed by atoms with Crippen LogP contribution in [0.1, 0.15) is 133 Å². The Morgan fingerprint density at radius 1 is 0.367 bits per heavy atom. The van der Waals surface area contributed by atoms with Crippen molar-refractivity contribution in [3.05, 3.63) is 251 Å². The first-order valence-corrected chi connectivity index (χ1v) is 39.9. The minimum Gasteiger partial charge on any atom is -0.472 e. The molecule has 12 unspecified atom stereocenters. The number of carbonyl (C=O) groups is 4. The Morgan fingerprint density at radius 3 is 0.992 bits per heavy atom. The normalized spacial score (nSPS) is 22.6. The number of halogens is 4. The van der Waals surface area contributed by atoms with Crippen molar-refractivity contribution in [3.63, 3.8) is 0 Å². The van der Waals surface area contributed by atoms with E-state index in [9.17, 15) is 36.7 Å². The Kier molecular flexibility index (Phi) is 22.1. The molecular formula is C86H84F4N22O8. The number of piperidine rings is 4. The van der Waals surface area contributed by atoms with Crippen molar-refractivity contribution in [3.8, 4) is 52.0 Å². The number of likely N-dealkylation sites (tertiary alicyclic amines) is 4. The van der Waals surface area contributed by atoms with Crippen molar-refractivity contribution in [1.82, 2.24) is 109 Å². The van der Waals surface area contributed by atoms with Crippen molar-refractivity contribution < 1.29 is 55.7 Å². The lowest BCUT2D eigenvalue weighted by Crippen LogP contribution is -2.47. The second-order valence-electron chi connectivity index (χ2n) is 31.7. The van der Waals surface area contributed by atoms with Crippen LogP contribution < -0.4 is 18.9 Å². The first-order valence-electron chi connectivity index (χ1n) is 39.9. The topological polar surface area (TPSA) is 326 Å². The zero-order valence-electron chi connectivity index (χ0n) is 66.4. The van der Waals surface area contributed by atoms with Gasteiger partial charge in [0.25, 0.3) is 23.6 Å². The molecule has 12 atom stereocenters. The molecule has 30 nitrogen and oxygen atoms in total. The van der Waals surface area contributed by atoms with Crippen LogP contribution in [0.15, 0.2) is 184 Å². The molecule has 0 radical (unpaired) electrons. The van der Waals surface area contributed by atoms with Crippen LogP contribution in [0.5, 0.6) is 23.5 Å².